The fourth-order valence-electron chi connectivity index (χ4n) is 2.67. The number of nitrogens with one attached hydrogen (secondary N) is 2. The molecule has 10 heteroatoms. The third kappa shape index (κ3) is 3.89. The lowest BCUT2D eigenvalue weighted by Gasteiger charge is -2.36. The maximum atomic E-state index is 12.3. The van der Waals surface area contributed by atoms with Crippen LogP contribution >= 0.6 is 0 Å². The first-order valence-electron chi connectivity index (χ1n) is 7.28. The van der Waals surface area contributed by atoms with Crippen molar-refractivity contribution in [1.82, 2.24) is 24.1 Å². The molecule has 1 aromatic heterocycles. The summed E-state index contributed by atoms with van der Waals surface area (Å²) >= 11 is 0. The van der Waals surface area contributed by atoms with Gasteiger partial charge in [0.15, 0.2) is 0 Å². The first-order chi connectivity index (χ1) is 10.8. The summed E-state index contributed by atoms with van der Waals surface area (Å²) in [5.41, 5.74) is 1.52. The highest BCUT2D eigenvalue weighted by Gasteiger charge is 2.41. The highest BCUT2D eigenvalue weighted by molar-refractivity contribution is 7.87. The smallest absolute Gasteiger partial charge is 0.280 e. The van der Waals surface area contributed by atoms with E-state index in [1.165, 1.54) is 14.2 Å². The molecule has 2 atom stereocenters. The molecule has 0 radical (unpaired) electrons. The molecule has 1 aliphatic heterocycles. The van der Waals surface area contributed by atoms with Gasteiger partial charge in [-0.05, 0) is 13.3 Å². The van der Waals surface area contributed by atoms with E-state index in [0.29, 0.717) is 19.6 Å². The molecule has 0 spiro atoms. The average Bonchev–Trinajstić information content (AvgIpc) is 2.80. The molecule has 1 aliphatic rings. The summed E-state index contributed by atoms with van der Waals surface area (Å²) in [4.78, 5) is 12.3. The van der Waals surface area contributed by atoms with E-state index in [-0.39, 0.29) is 5.91 Å². The summed E-state index contributed by atoms with van der Waals surface area (Å²) in [5, 5.41) is 6.93. The van der Waals surface area contributed by atoms with Crippen molar-refractivity contribution in [2.75, 3.05) is 27.3 Å². The van der Waals surface area contributed by atoms with Crippen molar-refractivity contribution in [2.24, 2.45) is 7.05 Å². The minimum Gasteiger partial charge on any atom is -0.383 e. The Morgan fingerprint density at radius 1 is 1.52 bits per heavy atom. The average molecular weight is 345 g/mol. The standard InChI is InChI=1S/C13H23N5O4S/c1-9-10(8-17(2)15-9)11-7-12(13(19)14-5-6-22-4)18(3)23(20,21)16-11/h8,11-12,16H,5-7H2,1-4H3,(H,14,19)/t11-,12+/m0/s1. The Hall–Kier alpha value is -1.49. The predicted molar refractivity (Wildman–Crippen MR) is 83.8 cm³/mol. The van der Waals surface area contributed by atoms with E-state index < -0.39 is 22.3 Å². The second kappa shape index (κ2) is 6.95. The van der Waals surface area contributed by atoms with Crippen LogP contribution < -0.4 is 10.0 Å². The molecule has 1 fully saturated rings. The summed E-state index contributed by atoms with van der Waals surface area (Å²) in [5.74, 6) is -0.332. The molecule has 0 aromatic carbocycles. The SMILES string of the molecule is COCCNC(=O)[C@H]1C[C@@H](c2cn(C)nc2C)NS(=O)(=O)N1C. The monoisotopic (exact) mass is 345 g/mol. The number of likely N-dealkylation sites (N-methyl/N-ethyl adjacent to an activating group) is 1. The normalized spacial score (nSPS) is 24.5. The summed E-state index contributed by atoms with van der Waals surface area (Å²) in [6, 6.07) is -1.26. The van der Waals surface area contributed by atoms with Crippen molar-refractivity contribution >= 4 is 16.1 Å². The molecular formula is C13H23N5O4S. The van der Waals surface area contributed by atoms with Crippen molar-refractivity contribution in [2.45, 2.75) is 25.4 Å². The predicted octanol–water partition coefficient (Wildman–Crippen LogP) is -0.929. The van der Waals surface area contributed by atoms with Gasteiger partial charge in [0.25, 0.3) is 10.2 Å². The largest absolute Gasteiger partial charge is 0.383 e. The van der Waals surface area contributed by atoms with Gasteiger partial charge in [-0.2, -0.15) is 22.5 Å². The molecule has 9 nitrogen and oxygen atoms in total. The van der Waals surface area contributed by atoms with E-state index in [9.17, 15) is 13.2 Å². The lowest BCUT2D eigenvalue weighted by molar-refractivity contribution is -0.125. The van der Waals surface area contributed by atoms with Gasteiger partial charge < -0.3 is 10.1 Å². The zero-order valence-corrected chi connectivity index (χ0v) is 14.6. The first kappa shape index (κ1) is 17.9. The van der Waals surface area contributed by atoms with Crippen molar-refractivity contribution in [3.05, 3.63) is 17.5 Å². The summed E-state index contributed by atoms with van der Waals surface area (Å²) in [7, 11) is 0.970. The number of hydrogen-bond donors (Lipinski definition) is 2. The van der Waals surface area contributed by atoms with Crippen LogP contribution in [0.2, 0.25) is 0 Å². The fraction of sp³-hybridized carbons (Fsp3) is 0.692. The summed E-state index contributed by atoms with van der Waals surface area (Å²) < 4.78 is 34.8. The lowest BCUT2D eigenvalue weighted by Crippen LogP contribution is -2.57. The van der Waals surface area contributed by atoms with Crippen LogP contribution in [0.15, 0.2) is 6.20 Å². The van der Waals surface area contributed by atoms with Crippen molar-refractivity contribution in [1.29, 1.82) is 0 Å². The summed E-state index contributed by atoms with van der Waals surface area (Å²) in [6.45, 7) is 2.53. The molecule has 23 heavy (non-hydrogen) atoms. The van der Waals surface area contributed by atoms with E-state index in [2.05, 4.69) is 15.1 Å². The minimum atomic E-state index is -3.74. The Balaban J connectivity index is 2.21. The second-order valence-electron chi connectivity index (χ2n) is 5.57. The molecule has 0 aliphatic carbocycles. The van der Waals surface area contributed by atoms with Gasteiger partial charge in [0.1, 0.15) is 6.04 Å². The molecule has 130 valence electrons. The number of nitrogens with zero attached hydrogens (tertiary/aromatic N) is 3. The second-order valence-corrected chi connectivity index (χ2v) is 7.33. The molecule has 1 amide bonds. The van der Waals surface area contributed by atoms with E-state index in [1.807, 2.05) is 6.92 Å². The van der Waals surface area contributed by atoms with Crippen molar-refractivity contribution < 1.29 is 17.9 Å². The zero-order valence-electron chi connectivity index (χ0n) is 13.7. The molecule has 2 N–H and O–H groups in total. The molecule has 2 heterocycles. The maximum Gasteiger partial charge on any atom is 0.280 e. The quantitative estimate of drug-likeness (QED) is 0.671. The van der Waals surface area contributed by atoms with Crippen LogP contribution in [0.3, 0.4) is 0 Å². The number of hydrogen-bond acceptors (Lipinski definition) is 5. The number of aryl methyl sites for hydroxylation is 2. The third-order valence-corrected chi connectivity index (χ3v) is 5.50. The van der Waals surface area contributed by atoms with Crippen molar-refractivity contribution in [3.8, 4) is 0 Å². The van der Waals surface area contributed by atoms with Gasteiger partial charge in [-0.3, -0.25) is 9.48 Å². The van der Waals surface area contributed by atoms with Gasteiger partial charge in [-0.15, -0.1) is 0 Å². The Labute approximate surface area is 136 Å². The van der Waals surface area contributed by atoms with Crippen LogP contribution in [0.25, 0.3) is 0 Å². The van der Waals surface area contributed by atoms with Crippen molar-refractivity contribution in [3.63, 3.8) is 0 Å². The van der Waals surface area contributed by atoms with E-state index in [1.54, 1.807) is 17.9 Å². The Morgan fingerprint density at radius 3 is 2.78 bits per heavy atom. The summed E-state index contributed by atoms with van der Waals surface area (Å²) in [6.07, 6.45) is 2.11. The van der Waals surface area contributed by atoms with Gasteiger partial charge in [-0.25, -0.2) is 0 Å². The Kier molecular flexibility index (Phi) is 5.40. The van der Waals surface area contributed by atoms with Crippen LogP contribution in [0.5, 0.6) is 0 Å². The molecule has 0 bridgehead atoms. The molecule has 1 aromatic rings. The van der Waals surface area contributed by atoms with Crippen LogP contribution in [0.1, 0.15) is 23.7 Å². The molecule has 0 unspecified atom stereocenters. The molecule has 1 saturated heterocycles. The number of amides is 1. The zero-order chi connectivity index (χ0) is 17.2. The number of aromatic nitrogens is 2. The van der Waals surface area contributed by atoms with Gasteiger partial charge in [0.05, 0.1) is 18.3 Å². The highest BCUT2D eigenvalue weighted by Crippen LogP contribution is 2.29. The van der Waals surface area contributed by atoms with Gasteiger partial charge in [0, 0.05) is 39.5 Å². The Morgan fingerprint density at radius 2 is 2.22 bits per heavy atom. The third-order valence-electron chi connectivity index (χ3n) is 3.90. The lowest BCUT2D eigenvalue weighted by atomic mass is 10.00. The van der Waals surface area contributed by atoms with E-state index >= 15 is 0 Å². The topological polar surface area (TPSA) is 106 Å². The number of carbonyl (C=O) groups is 1. The maximum absolute atomic E-state index is 12.3. The minimum absolute atomic E-state index is 0.332. The Bertz CT molecular complexity index is 672. The highest BCUT2D eigenvalue weighted by atomic mass is 32.2. The number of methoxy groups -OCH3 is 1. The van der Waals surface area contributed by atoms with E-state index in [4.69, 9.17) is 4.74 Å². The number of carbonyl (C=O) groups excluding carboxylic acids is 1. The fourth-order valence-corrected chi connectivity index (χ4v) is 3.93. The number of rotatable bonds is 5. The van der Waals surface area contributed by atoms with Gasteiger partial charge >= 0.3 is 0 Å². The molecule has 0 saturated carbocycles. The van der Waals surface area contributed by atoms with Crippen LogP contribution in [-0.4, -0.2) is 61.8 Å². The van der Waals surface area contributed by atoms with Crippen LogP contribution in [0, 0.1) is 6.92 Å². The number of ether oxygens (including phenoxy) is 1. The van der Waals surface area contributed by atoms with E-state index in [0.717, 1.165) is 15.6 Å². The first-order valence-corrected chi connectivity index (χ1v) is 8.72. The van der Waals surface area contributed by atoms with Crippen LogP contribution in [-0.2, 0) is 26.8 Å². The van der Waals surface area contributed by atoms with Crippen LogP contribution in [0.4, 0.5) is 0 Å². The molecular weight excluding hydrogens is 322 g/mol. The van der Waals surface area contributed by atoms with Gasteiger partial charge in [0.2, 0.25) is 5.91 Å². The van der Waals surface area contributed by atoms with Gasteiger partial charge in [-0.1, -0.05) is 0 Å². The molecule has 2 rings (SSSR count).